The monoisotopic (exact) mass is 287 g/mol. The quantitative estimate of drug-likeness (QED) is 0.862. The Morgan fingerprint density at radius 2 is 2.16 bits per heavy atom. The Kier molecular flexibility index (Phi) is 4.49. The molecule has 2 N–H and O–H groups in total. The van der Waals surface area contributed by atoms with Crippen LogP contribution in [-0.4, -0.2) is 32.5 Å². The minimum Gasteiger partial charge on any atom is -0.317 e. The number of piperidine rings is 1. The zero-order chi connectivity index (χ0) is 13.9. The van der Waals surface area contributed by atoms with Crippen LogP contribution in [-0.2, 0) is 10.0 Å². The maximum absolute atomic E-state index is 13.5. The summed E-state index contributed by atoms with van der Waals surface area (Å²) >= 11 is 0. The van der Waals surface area contributed by atoms with Crippen LogP contribution >= 0.6 is 0 Å². The van der Waals surface area contributed by atoms with Crippen LogP contribution in [0.15, 0.2) is 23.4 Å². The van der Waals surface area contributed by atoms with Gasteiger partial charge in [0, 0.05) is 12.2 Å². The van der Waals surface area contributed by atoms with Crippen LogP contribution in [0.1, 0.15) is 19.8 Å². The molecule has 0 bridgehead atoms. The highest BCUT2D eigenvalue weighted by Gasteiger charge is 2.27. The molecule has 2 heterocycles. The molecule has 0 saturated carbocycles. The summed E-state index contributed by atoms with van der Waals surface area (Å²) < 4.78 is 40.2. The summed E-state index contributed by atoms with van der Waals surface area (Å²) in [4.78, 5) is 3.61. The van der Waals surface area contributed by atoms with Gasteiger partial charge < -0.3 is 5.32 Å². The lowest BCUT2D eigenvalue weighted by Crippen LogP contribution is -2.42. The van der Waals surface area contributed by atoms with Crippen LogP contribution < -0.4 is 10.0 Å². The number of halogens is 1. The third-order valence-electron chi connectivity index (χ3n) is 3.41. The molecule has 5 nitrogen and oxygen atoms in total. The van der Waals surface area contributed by atoms with Gasteiger partial charge in [0.05, 0.1) is 0 Å². The van der Waals surface area contributed by atoms with Crippen molar-refractivity contribution in [3.63, 3.8) is 0 Å². The van der Waals surface area contributed by atoms with Gasteiger partial charge in [0.15, 0.2) is 5.82 Å². The van der Waals surface area contributed by atoms with Crippen molar-refractivity contribution in [3.05, 3.63) is 24.1 Å². The van der Waals surface area contributed by atoms with Crippen LogP contribution in [0.5, 0.6) is 0 Å². The van der Waals surface area contributed by atoms with Crippen molar-refractivity contribution in [2.75, 3.05) is 13.1 Å². The van der Waals surface area contributed by atoms with E-state index in [1.54, 1.807) is 0 Å². The molecule has 1 atom stereocenters. The minimum absolute atomic E-state index is 0.228. The maximum Gasteiger partial charge on any atom is 0.261 e. The predicted octanol–water partition coefficient (Wildman–Crippen LogP) is 0.887. The van der Waals surface area contributed by atoms with Crippen molar-refractivity contribution in [2.24, 2.45) is 5.92 Å². The standard InChI is InChI=1S/C12H18FN3O2S/c1-9(10-4-7-14-8-5-10)16-19(17,18)12-11(13)3-2-6-15-12/h2-3,6,9-10,14,16H,4-5,7-8H2,1H3. The molecule has 0 aliphatic carbocycles. The Balaban J connectivity index is 2.11. The zero-order valence-electron chi connectivity index (χ0n) is 10.8. The third-order valence-corrected chi connectivity index (χ3v) is 4.90. The van der Waals surface area contributed by atoms with E-state index in [4.69, 9.17) is 0 Å². The SMILES string of the molecule is CC(NS(=O)(=O)c1ncccc1F)C1CCNCC1. The summed E-state index contributed by atoms with van der Waals surface area (Å²) in [6.07, 6.45) is 3.09. The van der Waals surface area contributed by atoms with E-state index in [1.165, 1.54) is 12.3 Å². The molecule has 1 unspecified atom stereocenters. The summed E-state index contributed by atoms with van der Waals surface area (Å²) in [5, 5.41) is 2.69. The Labute approximate surface area is 112 Å². The highest BCUT2D eigenvalue weighted by atomic mass is 32.2. The van der Waals surface area contributed by atoms with Crippen LogP contribution in [0.25, 0.3) is 0 Å². The molecule has 0 spiro atoms. The second-order valence-electron chi connectivity index (χ2n) is 4.79. The molecule has 1 saturated heterocycles. The Morgan fingerprint density at radius 3 is 2.79 bits per heavy atom. The fourth-order valence-corrected chi connectivity index (χ4v) is 3.63. The number of nitrogens with one attached hydrogen (secondary N) is 2. The maximum atomic E-state index is 13.5. The Morgan fingerprint density at radius 1 is 1.47 bits per heavy atom. The molecule has 0 amide bonds. The first-order valence-electron chi connectivity index (χ1n) is 6.34. The van der Waals surface area contributed by atoms with Crippen molar-refractivity contribution in [2.45, 2.75) is 30.8 Å². The number of hydrogen-bond donors (Lipinski definition) is 2. The lowest BCUT2D eigenvalue weighted by molar-refractivity contribution is 0.315. The molecule has 7 heteroatoms. The molecule has 0 radical (unpaired) electrons. The van der Waals surface area contributed by atoms with Gasteiger partial charge >= 0.3 is 0 Å². The van der Waals surface area contributed by atoms with Crippen LogP contribution in [0.2, 0.25) is 0 Å². The molecule has 1 aliphatic heterocycles. The number of pyridine rings is 1. The van der Waals surface area contributed by atoms with E-state index in [-0.39, 0.29) is 12.0 Å². The lowest BCUT2D eigenvalue weighted by Gasteiger charge is -2.28. The largest absolute Gasteiger partial charge is 0.317 e. The summed E-state index contributed by atoms with van der Waals surface area (Å²) in [7, 11) is -3.90. The van der Waals surface area contributed by atoms with E-state index < -0.39 is 20.9 Å². The molecule has 106 valence electrons. The summed E-state index contributed by atoms with van der Waals surface area (Å²) in [6, 6.07) is 2.23. The molecule has 2 rings (SSSR count). The first-order valence-corrected chi connectivity index (χ1v) is 7.82. The molecule has 19 heavy (non-hydrogen) atoms. The van der Waals surface area contributed by atoms with E-state index in [0.29, 0.717) is 0 Å². The summed E-state index contributed by atoms with van der Waals surface area (Å²) in [6.45, 7) is 3.58. The number of aromatic nitrogens is 1. The molecule has 0 aromatic carbocycles. The van der Waals surface area contributed by atoms with Crippen molar-refractivity contribution in [3.8, 4) is 0 Å². The molecule has 1 fully saturated rings. The first kappa shape index (κ1) is 14.4. The Bertz CT molecular complexity index is 530. The van der Waals surface area contributed by atoms with Gasteiger partial charge in [-0.15, -0.1) is 0 Å². The average molecular weight is 287 g/mol. The smallest absolute Gasteiger partial charge is 0.261 e. The van der Waals surface area contributed by atoms with Gasteiger partial charge in [0.2, 0.25) is 5.03 Å². The van der Waals surface area contributed by atoms with Crippen LogP contribution in [0, 0.1) is 11.7 Å². The fourth-order valence-electron chi connectivity index (χ4n) is 2.31. The number of nitrogens with zero attached hydrogens (tertiary/aromatic N) is 1. The van der Waals surface area contributed by atoms with Gasteiger partial charge in [0.25, 0.3) is 10.0 Å². The third kappa shape index (κ3) is 3.49. The van der Waals surface area contributed by atoms with E-state index >= 15 is 0 Å². The van der Waals surface area contributed by atoms with E-state index in [1.807, 2.05) is 6.92 Å². The van der Waals surface area contributed by atoms with Crippen LogP contribution in [0.4, 0.5) is 4.39 Å². The summed E-state index contributed by atoms with van der Waals surface area (Å²) in [5.74, 6) is -0.560. The average Bonchev–Trinajstić information content (AvgIpc) is 2.39. The van der Waals surface area contributed by atoms with Gasteiger partial charge in [0.1, 0.15) is 0 Å². The van der Waals surface area contributed by atoms with Crippen molar-refractivity contribution in [1.82, 2.24) is 15.0 Å². The lowest BCUT2D eigenvalue weighted by atomic mass is 9.92. The minimum atomic E-state index is -3.90. The Hall–Kier alpha value is -1.05. The van der Waals surface area contributed by atoms with Crippen molar-refractivity contribution >= 4 is 10.0 Å². The first-order chi connectivity index (χ1) is 9.00. The second-order valence-corrected chi connectivity index (χ2v) is 6.42. The number of hydrogen-bond acceptors (Lipinski definition) is 4. The van der Waals surface area contributed by atoms with Gasteiger partial charge in [-0.3, -0.25) is 0 Å². The molecule has 1 aromatic heterocycles. The van der Waals surface area contributed by atoms with E-state index in [0.717, 1.165) is 32.0 Å². The van der Waals surface area contributed by atoms with Gasteiger partial charge in [-0.25, -0.2) is 22.5 Å². The topological polar surface area (TPSA) is 71.1 Å². The van der Waals surface area contributed by atoms with Crippen LogP contribution in [0.3, 0.4) is 0 Å². The molecule has 1 aliphatic rings. The predicted molar refractivity (Wildman–Crippen MR) is 69.6 cm³/mol. The van der Waals surface area contributed by atoms with E-state index in [9.17, 15) is 12.8 Å². The fraction of sp³-hybridized carbons (Fsp3) is 0.583. The van der Waals surface area contributed by atoms with E-state index in [2.05, 4.69) is 15.0 Å². The molecular weight excluding hydrogens is 269 g/mol. The van der Waals surface area contributed by atoms with Gasteiger partial charge in [-0.2, -0.15) is 0 Å². The van der Waals surface area contributed by atoms with Gasteiger partial charge in [-0.05, 0) is 50.9 Å². The molecule has 1 aromatic rings. The van der Waals surface area contributed by atoms with Crippen molar-refractivity contribution < 1.29 is 12.8 Å². The molecular formula is C12H18FN3O2S. The summed E-state index contributed by atoms with van der Waals surface area (Å²) in [5.41, 5.74) is 0. The number of sulfonamides is 1. The van der Waals surface area contributed by atoms with Gasteiger partial charge in [-0.1, -0.05) is 0 Å². The highest BCUT2D eigenvalue weighted by molar-refractivity contribution is 7.89. The highest BCUT2D eigenvalue weighted by Crippen LogP contribution is 2.18. The van der Waals surface area contributed by atoms with Crippen molar-refractivity contribution in [1.29, 1.82) is 0 Å². The normalized spacial score (nSPS) is 19.3. The second kappa shape index (κ2) is 5.94. The zero-order valence-corrected chi connectivity index (χ0v) is 11.6. The number of rotatable bonds is 4.